The van der Waals surface area contributed by atoms with Crippen molar-refractivity contribution in [3.05, 3.63) is 59.7 Å². The highest BCUT2D eigenvalue weighted by molar-refractivity contribution is 6.07. The third-order valence-corrected chi connectivity index (χ3v) is 5.29. The van der Waals surface area contributed by atoms with E-state index in [4.69, 9.17) is 14.3 Å². The number of likely N-dealkylation sites (tertiary alicyclic amines) is 1. The van der Waals surface area contributed by atoms with Crippen LogP contribution in [0.25, 0.3) is 0 Å². The molecule has 0 N–H and O–H groups in total. The number of rotatable bonds is 5. The third-order valence-electron chi connectivity index (χ3n) is 5.29. The molecule has 0 spiro atoms. The lowest BCUT2D eigenvalue weighted by atomic mass is 9.91. The van der Waals surface area contributed by atoms with Crippen molar-refractivity contribution in [3.63, 3.8) is 0 Å². The first-order valence-electron chi connectivity index (χ1n) is 9.07. The summed E-state index contributed by atoms with van der Waals surface area (Å²) in [5.74, 6) is 0.0738. The number of hydrogen-bond donors (Lipinski definition) is 0. The predicted molar refractivity (Wildman–Crippen MR) is 100 cm³/mol. The Hall–Kier alpha value is -2.90. The molecule has 0 bridgehead atoms. The van der Waals surface area contributed by atoms with E-state index in [1.165, 1.54) is 7.05 Å². The molecular weight excluding hydrogens is 360 g/mol. The average molecular weight is 382 g/mol. The number of carbonyl (C=O) groups is 2. The Bertz CT molecular complexity index is 901. The van der Waals surface area contributed by atoms with Crippen LogP contribution < -0.4 is 9.47 Å². The molecule has 0 radical (unpaired) electrons. The van der Waals surface area contributed by atoms with Crippen molar-refractivity contribution in [1.29, 1.82) is 0 Å². The molecule has 2 aliphatic rings. The molecule has 2 saturated heterocycles. The van der Waals surface area contributed by atoms with E-state index in [9.17, 15) is 9.59 Å². The number of likely N-dealkylation sites (N-methyl/N-ethyl adjacent to an activating group) is 1. The molecule has 0 saturated carbocycles. The van der Waals surface area contributed by atoms with Crippen LogP contribution in [0.4, 0.5) is 0 Å². The molecule has 2 heterocycles. The lowest BCUT2D eigenvalue weighted by molar-refractivity contribution is -0.168. The molecular formula is C21H22N2O5. The van der Waals surface area contributed by atoms with E-state index in [1.807, 2.05) is 48.5 Å². The van der Waals surface area contributed by atoms with Gasteiger partial charge in [-0.05, 0) is 23.3 Å². The minimum atomic E-state index is -0.771. The predicted octanol–water partition coefficient (Wildman–Crippen LogP) is 2.18. The van der Waals surface area contributed by atoms with Crippen molar-refractivity contribution in [2.45, 2.75) is 18.8 Å². The standard InChI is InChI=1S/C21H22N2O5/c1-22-20(24)17-18(23(2)28-19(17)21(22)25)14-9-10-15(16(11-14)26-3)27-12-13-7-5-4-6-8-13/h4-11,17-19H,12H2,1-3H3/t17-,18-,19+/m0/s1. The molecule has 4 rings (SSSR count). The van der Waals surface area contributed by atoms with Crippen molar-refractivity contribution in [2.75, 3.05) is 21.2 Å². The maximum absolute atomic E-state index is 12.5. The van der Waals surface area contributed by atoms with E-state index in [-0.39, 0.29) is 17.9 Å². The fourth-order valence-electron chi connectivity index (χ4n) is 3.83. The van der Waals surface area contributed by atoms with E-state index >= 15 is 0 Å². The summed E-state index contributed by atoms with van der Waals surface area (Å²) < 4.78 is 11.4. The Labute approximate surface area is 163 Å². The fraction of sp³-hybridized carbons (Fsp3) is 0.333. The molecule has 0 aliphatic carbocycles. The highest BCUT2D eigenvalue weighted by Crippen LogP contribution is 2.44. The van der Waals surface area contributed by atoms with Crippen LogP contribution in [0.15, 0.2) is 48.5 Å². The van der Waals surface area contributed by atoms with E-state index < -0.39 is 12.0 Å². The molecule has 7 heteroatoms. The second-order valence-corrected chi connectivity index (χ2v) is 6.96. The van der Waals surface area contributed by atoms with E-state index in [1.54, 1.807) is 19.2 Å². The average Bonchev–Trinajstić information content (AvgIpc) is 3.16. The smallest absolute Gasteiger partial charge is 0.261 e. The zero-order chi connectivity index (χ0) is 19.8. The van der Waals surface area contributed by atoms with Gasteiger partial charge >= 0.3 is 0 Å². The highest BCUT2D eigenvalue weighted by atomic mass is 16.7. The SMILES string of the molecule is COc1cc([C@H]2[C@@H]3C(=O)N(C)C(=O)[C@@H]3ON2C)ccc1OCc1ccccc1. The first-order valence-corrected chi connectivity index (χ1v) is 9.07. The summed E-state index contributed by atoms with van der Waals surface area (Å²) >= 11 is 0. The molecule has 2 aliphatic heterocycles. The summed E-state index contributed by atoms with van der Waals surface area (Å²) in [6, 6.07) is 15.0. The Morgan fingerprint density at radius 3 is 2.46 bits per heavy atom. The van der Waals surface area contributed by atoms with Crippen molar-refractivity contribution in [3.8, 4) is 11.5 Å². The summed E-state index contributed by atoms with van der Waals surface area (Å²) in [6.45, 7) is 0.422. The minimum absolute atomic E-state index is 0.229. The normalized spacial score (nSPS) is 24.5. The van der Waals surface area contributed by atoms with Crippen LogP contribution >= 0.6 is 0 Å². The largest absolute Gasteiger partial charge is 0.493 e. The maximum atomic E-state index is 12.5. The molecule has 2 amide bonds. The summed E-state index contributed by atoms with van der Waals surface area (Å²) in [5, 5.41) is 1.58. The van der Waals surface area contributed by atoms with Crippen molar-refractivity contribution < 1.29 is 23.9 Å². The molecule has 146 valence electrons. The summed E-state index contributed by atoms with van der Waals surface area (Å²) in [5.41, 5.74) is 1.88. The van der Waals surface area contributed by atoms with Gasteiger partial charge in [-0.1, -0.05) is 36.4 Å². The van der Waals surface area contributed by atoms with Gasteiger partial charge in [0.15, 0.2) is 17.6 Å². The molecule has 2 aromatic carbocycles. The second-order valence-electron chi connectivity index (χ2n) is 6.96. The van der Waals surface area contributed by atoms with Crippen molar-refractivity contribution >= 4 is 11.8 Å². The first-order chi connectivity index (χ1) is 13.5. The highest BCUT2D eigenvalue weighted by Gasteiger charge is 2.57. The molecule has 2 fully saturated rings. The number of benzene rings is 2. The van der Waals surface area contributed by atoms with Crippen molar-refractivity contribution in [1.82, 2.24) is 9.96 Å². The van der Waals surface area contributed by atoms with Gasteiger partial charge in [-0.25, -0.2) is 0 Å². The van der Waals surface area contributed by atoms with Gasteiger partial charge in [0.1, 0.15) is 6.61 Å². The van der Waals surface area contributed by atoms with Crippen LogP contribution in [-0.2, 0) is 21.0 Å². The summed E-state index contributed by atoms with van der Waals surface area (Å²) in [6.07, 6.45) is -0.771. The Morgan fingerprint density at radius 2 is 1.75 bits per heavy atom. The number of amides is 2. The van der Waals surface area contributed by atoms with Crippen LogP contribution in [0, 0.1) is 5.92 Å². The topological polar surface area (TPSA) is 68.3 Å². The number of carbonyl (C=O) groups excluding carboxylic acids is 2. The number of fused-ring (bicyclic) bond motifs is 1. The van der Waals surface area contributed by atoms with Gasteiger partial charge in [0.25, 0.3) is 5.91 Å². The van der Waals surface area contributed by atoms with Gasteiger partial charge in [-0.3, -0.25) is 19.3 Å². The number of hydrogen-bond acceptors (Lipinski definition) is 6. The summed E-state index contributed by atoms with van der Waals surface area (Å²) in [7, 11) is 4.80. The number of nitrogens with zero attached hydrogens (tertiary/aromatic N) is 2. The molecule has 28 heavy (non-hydrogen) atoms. The fourth-order valence-corrected chi connectivity index (χ4v) is 3.83. The molecule has 2 aromatic rings. The van der Waals surface area contributed by atoms with Crippen LogP contribution in [-0.4, -0.2) is 49.1 Å². The van der Waals surface area contributed by atoms with Gasteiger partial charge < -0.3 is 9.47 Å². The number of imide groups is 1. The van der Waals surface area contributed by atoms with Crippen LogP contribution in [0.5, 0.6) is 11.5 Å². The van der Waals surface area contributed by atoms with E-state index in [2.05, 4.69) is 0 Å². The Kier molecular flexibility index (Phi) is 4.78. The van der Waals surface area contributed by atoms with Gasteiger partial charge in [0.2, 0.25) is 5.91 Å². The maximum Gasteiger partial charge on any atom is 0.261 e. The van der Waals surface area contributed by atoms with Gasteiger partial charge in [0.05, 0.1) is 19.1 Å². The molecule has 0 unspecified atom stereocenters. The quantitative estimate of drug-likeness (QED) is 0.739. The number of hydroxylamine groups is 2. The zero-order valence-corrected chi connectivity index (χ0v) is 16.0. The number of methoxy groups -OCH3 is 1. The monoisotopic (exact) mass is 382 g/mol. The third kappa shape index (κ3) is 3.02. The van der Waals surface area contributed by atoms with E-state index in [0.717, 1.165) is 16.0 Å². The van der Waals surface area contributed by atoms with Crippen LogP contribution in [0.1, 0.15) is 17.2 Å². The molecule has 3 atom stereocenters. The van der Waals surface area contributed by atoms with Crippen molar-refractivity contribution in [2.24, 2.45) is 5.92 Å². The second kappa shape index (κ2) is 7.26. The minimum Gasteiger partial charge on any atom is -0.493 e. The van der Waals surface area contributed by atoms with E-state index in [0.29, 0.717) is 18.1 Å². The Morgan fingerprint density at radius 1 is 1.00 bits per heavy atom. The van der Waals surface area contributed by atoms with Crippen LogP contribution in [0.2, 0.25) is 0 Å². The first kappa shape index (κ1) is 18.5. The van der Waals surface area contributed by atoms with Crippen LogP contribution in [0.3, 0.4) is 0 Å². The molecule has 7 nitrogen and oxygen atoms in total. The lowest BCUT2D eigenvalue weighted by Crippen LogP contribution is -2.33. The summed E-state index contributed by atoms with van der Waals surface area (Å²) in [4.78, 5) is 31.6. The van der Waals surface area contributed by atoms with Gasteiger partial charge in [0, 0.05) is 14.1 Å². The number of ether oxygens (including phenoxy) is 2. The molecule has 0 aromatic heterocycles. The Balaban J connectivity index is 1.59. The zero-order valence-electron chi connectivity index (χ0n) is 16.0. The lowest BCUT2D eigenvalue weighted by Gasteiger charge is -2.23. The van der Waals surface area contributed by atoms with Gasteiger partial charge in [-0.2, -0.15) is 5.06 Å². The van der Waals surface area contributed by atoms with Gasteiger partial charge in [-0.15, -0.1) is 0 Å².